The lowest BCUT2D eigenvalue weighted by atomic mass is 10.0. The van der Waals surface area contributed by atoms with Crippen molar-refractivity contribution in [2.75, 3.05) is 6.54 Å². The van der Waals surface area contributed by atoms with Crippen molar-refractivity contribution < 1.29 is 39.3 Å². The van der Waals surface area contributed by atoms with E-state index in [2.05, 4.69) is 27.5 Å². The molecular weight excluding hydrogens is 450 g/mol. The summed E-state index contributed by atoms with van der Waals surface area (Å²) in [6.07, 6.45) is 5.58. The van der Waals surface area contributed by atoms with Gasteiger partial charge in [0.2, 0.25) is 5.91 Å². The first-order valence-corrected chi connectivity index (χ1v) is 10.6. The van der Waals surface area contributed by atoms with E-state index in [1.807, 2.05) is 6.92 Å². The Balaban J connectivity index is 4.61. The zero-order valence-electron chi connectivity index (χ0n) is 19.0. The number of aliphatic carboxylic acids is 3. The van der Waals surface area contributed by atoms with Crippen LogP contribution in [0.1, 0.15) is 39.0 Å². The van der Waals surface area contributed by atoms with Gasteiger partial charge in [0.15, 0.2) is 0 Å². The molecule has 0 saturated heterocycles. The Hall–Kier alpha value is -3.90. The third-order valence-electron chi connectivity index (χ3n) is 4.64. The van der Waals surface area contributed by atoms with Gasteiger partial charge >= 0.3 is 23.9 Å². The van der Waals surface area contributed by atoms with Gasteiger partial charge in [0, 0.05) is 25.4 Å². The highest BCUT2D eigenvalue weighted by molar-refractivity contribution is 5.95. The van der Waals surface area contributed by atoms with Crippen molar-refractivity contribution >= 4 is 36.1 Å². The van der Waals surface area contributed by atoms with Crippen LogP contribution in [0, 0.1) is 11.8 Å². The number of amides is 3. The fourth-order valence-electron chi connectivity index (χ4n) is 2.78. The summed E-state index contributed by atoms with van der Waals surface area (Å²) in [5.74, 6) is -4.92. The quantitative estimate of drug-likeness (QED) is 0.141. The molecule has 0 bridgehead atoms. The number of rotatable bonds is 17. The van der Waals surface area contributed by atoms with Crippen LogP contribution in [0.4, 0.5) is 4.79 Å². The van der Waals surface area contributed by atoms with Crippen LogP contribution in [-0.4, -0.2) is 70.0 Å². The smallest absolute Gasteiger partial charge is 0.326 e. The van der Waals surface area contributed by atoms with E-state index in [9.17, 15) is 29.1 Å². The molecule has 0 saturated carbocycles. The number of nitrogens with two attached hydrogens (primary N) is 1. The first-order chi connectivity index (χ1) is 16.0. The number of carboxylic acid groups (broad SMARTS) is 3. The largest absolute Gasteiger partial charge is 0.481 e. The molecule has 8 N–H and O–H groups in total. The summed E-state index contributed by atoms with van der Waals surface area (Å²) in [5, 5.41) is 34.1. The third kappa shape index (κ3) is 13.5. The Bertz CT molecular complexity index is 783. The lowest BCUT2D eigenvalue weighted by Crippen LogP contribution is -2.51. The van der Waals surface area contributed by atoms with E-state index < -0.39 is 48.4 Å². The summed E-state index contributed by atoms with van der Waals surface area (Å²) in [5.41, 5.74) is 5.33. The Morgan fingerprint density at radius 3 is 2.09 bits per heavy atom. The molecule has 2 unspecified atom stereocenters. The van der Waals surface area contributed by atoms with Crippen LogP contribution in [0.15, 0.2) is 30.0 Å². The number of nitrogens with one attached hydrogen (secondary N) is 3. The lowest BCUT2D eigenvalue weighted by molar-refractivity contribution is -0.141. The van der Waals surface area contributed by atoms with Crippen LogP contribution in [0.2, 0.25) is 0 Å². The zero-order chi connectivity index (χ0) is 26.1. The number of hydrogen-bond donors (Lipinski definition) is 7. The Morgan fingerprint density at radius 1 is 1.00 bits per heavy atom. The number of aliphatic imine (C=N–C) groups is 1. The fourth-order valence-corrected chi connectivity index (χ4v) is 2.78. The molecule has 0 aromatic rings. The Labute approximate surface area is 197 Å². The van der Waals surface area contributed by atoms with Gasteiger partial charge in [-0.05, 0) is 31.4 Å². The van der Waals surface area contributed by atoms with Crippen LogP contribution >= 0.6 is 0 Å². The van der Waals surface area contributed by atoms with Gasteiger partial charge in [-0.3, -0.25) is 14.6 Å². The molecule has 0 fully saturated rings. The van der Waals surface area contributed by atoms with Crippen molar-refractivity contribution in [3.63, 3.8) is 0 Å². The molecule has 0 rings (SSSR count). The zero-order valence-corrected chi connectivity index (χ0v) is 19.0. The van der Waals surface area contributed by atoms with E-state index in [1.54, 1.807) is 0 Å². The highest BCUT2D eigenvalue weighted by atomic mass is 16.4. The van der Waals surface area contributed by atoms with E-state index >= 15 is 0 Å². The van der Waals surface area contributed by atoms with Gasteiger partial charge in [0.1, 0.15) is 12.1 Å². The molecule has 0 aliphatic carbocycles. The van der Waals surface area contributed by atoms with Crippen molar-refractivity contribution in [1.29, 1.82) is 0 Å². The van der Waals surface area contributed by atoms with Crippen LogP contribution in [0.3, 0.4) is 0 Å². The van der Waals surface area contributed by atoms with Gasteiger partial charge < -0.3 is 37.0 Å². The molecule has 0 aromatic heterocycles. The summed E-state index contributed by atoms with van der Waals surface area (Å²) < 4.78 is 0. The van der Waals surface area contributed by atoms with Crippen LogP contribution in [0.25, 0.3) is 0 Å². The topological polar surface area (TPSA) is 221 Å². The third-order valence-corrected chi connectivity index (χ3v) is 4.64. The first kappa shape index (κ1) is 30.1. The minimum atomic E-state index is -1.47. The molecule has 0 aromatic carbocycles. The highest BCUT2D eigenvalue weighted by Crippen LogP contribution is 2.10. The van der Waals surface area contributed by atoms with E-state index in [4.69, 9.17) is 15.9 Å². The summed E-state index contributed by atoms with van der Waals surface area (Å²) >= 11 is 0. The molecule has 13 nitrogen and oxygen atoms in total. The van der Waals surface area contributed by atoms with Gasteiger partial charge in [-0.2, -0.15) is 0 Å². The van der Waals surface area contributed by atoms with E-state index in [0.717, 1.165) is 0 Å². The molecule has 3 amide bonds. The summed E-state index contributed by atoms with van der Waals surface area (Å²) in [6.45, 7) is 5.62. The molecule has 13 heteroatoms. The average molecular weight is 484 g/mol. The molecule has 0 spiro atoms. The van der Waals surface area contributed by atoms with E-state index in [-0.39, 0.29) is 24.7 Å². The summed E-state index contributed by atoms with van der Waals surface area (Å²) in [4.78, 5) is 61.2. The van der Waals surface area contributed by atoms with Gasteiger partial charge in [-0.1, -0.05) is 26.0 Å². The monoisotopic (exact) mass is 483 g/mol. The first-order valence-electron chi connectivity index (χ1n) is 10.6. The molecular formula is C21H33N5O8. The molecule has 0 aliphatic heterocycles. The maximum atomic E-state index is 12.2. The number of carboxylic acids is 3. The maximum Gasteiger partial charge on any atom is 0.326 e. The van der Waals surface area contributed by atoms with Gasteiger partial charge in [-0.25, -0.2) is 14.4 Å². The molecule has 4 atom stereocenters. The molecule has 0 heterocycles. The minimum Gasteiger partial charge on any atom is -0.481 e. The van der Waals surface area contributed by atoms with Crippen molar-refractivity contribution in [3.05, 3.63) is 25.1 Å². The predicted octanol–water partition coefficient (Wildman–Crippen LogP) is 0.282. The Morgan fingerprint density at radius 2 is 1.59 bits per heavy atom. The van der Waals surface area contributed by atoms with Gasteiger partial charge in [0.05, 0.1) is 5.92 Å². The number of carbonyl (C=O) groups is 5. The van der Waals surface area contributed by atoms with Gasteiger partial charge in [0.25, 0.3) is 0 Å². The molecule has 0 aliphatic rings. The van der Waals surface area contributed by atoms with Crippen LogP contribution in [-0.2, 0) is 19.2 Å². The fraction of sp³-hybridized carbons (Fsp3) is 0.524. The number of carbonyl (C=O) groups excluding carboxylic acids is 2. The second kappa shape index (κ2) is 16.7. The number of hydrogen-bond acceptors (Lipinski definition) is 7. The average Bonchev–Trinajstić information content (AvgIpc) is 2.76. The van der Waals surface area contributed by atoms with Crippen molar-refractivity contribution in [2.24, 2.45) is 22.6 Å². The highest BCUT2D eigenvalue weighted by Gasteiger charge is 2.25. The predicted molar refractivity (Wildman–Crippen MR) is 123 cm³/mol. The normalized spacial score (nSPS) is 14.6. The van der Waals surface area contributed by atoms with Gasteiger partial charge in [-0.15, -0.1) is 0 Å². The van der Waals surface area contributed by atoms with Crippen LogP contribution in [0.5, 0.6) is 0 Å². The molecule has 190 valence electrons. The lowest BCUT2D eigenvalue weighted by Gasteiger charge is -2.19. The molecule has 34 heavy (non-hydrogen) atoms. The second-order valence-electron chi connectivity index (χ2n) is 7.50. The number of nitrogens with zero attached hydrogens (tertiary/aromatic N) is 1. The Kier molecular flexibility index (Phi) is 14.8. The van der Waals surface area contributed by atoms with Crippen molar-refractivity contribution in [1.82, 2.24) is 16.0 Å². The SMILES string of the molecule is C=C/N=C\C(/C=C\N)C(=O)NCC(C)CCC[C@H](NC(=O)N[C@@H](CCC(=O)O)C(=O)O)C(=O)O. The van der Waals surface area contributed by atoms with E-state index in [0.29, 0.717) is 19.4 Å². The molecule has 0 radical (unpaired) electrons. The van der Waals surface area contributed by atoms with Crippen LogP contribution < -0.4 is 21.7 Å². The van der Waals surface area contributed by atoms with E-state index in [1.165, 1.54) is 24.7 Å². The maximum absolute atomic E-state index is 12.2. The standard InChI is InChI=1S/C21H33N5O8/c1-3-23-12-14(9-10-22)18(29)24-11-13(2)5-4-6-15(19(30)31)25-21(34)26-16(20(32)33)7-8-17(27)28/h3,9-10,12-16H,1,4-8,11,22H2,2H3,(H,24,29)(H,27,28)(H,30,31)(H,32,33)(H2,25,26,34)/b10-9-,23-12-/t13?,14?,15-,16-/m0/s1. The summed E-state index contributed by atoms with van der Waals surface area (Å²) in [7, 11) is 0. The summed E-state index contributed by atoms with van der Waals surface area (Å²) in [6, 6.07) is -3.76. The van der Waals surface area contributed by atoms with Crippen molar-refractivity contribution in [2.45, 2.75) is 51.1 Å². The number of urea groups is 1. The minimum absolute atomic E-state index is 0.00141. The van der Waals surface area contributed by atoms with Crippen molar-refractivity contribution in [3.8, 4) is 0 Å². The second-order valence-corrected chi connectivity index (χ2v) is 7.50.